The largest absolute Gasteiger partial charge is 0.507 e. The predicted octanol–water partition coefficient (Wildman–Crippen LogP) is 4.25. The molecule has 0 aliphatic rings. The molecule has 3 rings (SSSR count). The normalized spacial score (nSPS) is 11.6. The summed E-state index contributed by atoms with van der Waals surface area (Å²) in [7, 11) is -3.72. The van der Waals surface area contributed by atoms with Gasteiger partial charge in [0.25, 0.3) is 10.0 Å². The zero-order valence-corrected chi connectivity index (χ0v) is 14.9. The highest BCUT2D eigenvalue weighted by Crippen LogP contribution is 2.27. The number of hydrogen-bond acceptors (Lipinski definition) is 4. The third-order valence-electron chi connectivity index (χ3n) is 3.76. The minimum atomic E-state index is -3.72. The lowest BCUT2D eigenvalue weighted by atomic mass is 10.2. The Labute approximate surface area is 152 Å². The van der Waals surface area contributed by atoms with E-state index in [1.165, 1.54) is 6.21 Å². The fraction of sp³-hybridized carbons (Fsp3) is 0.0500. The molecule has 3 aromatic carbocycles. The molecule has 132 valence electrons. The van der Waals surface area contributed by atoms with Crippen LogP contribution in [0.15, 0.2) is 82.7 Å². The second kappa shape index (κ2) is 7.41. The van der Waals surface area contributed by atoms with Crippen LogP contribution in [0, 0.1) is 6.92 Å². The maximum Gasteiger partial charge on any atom is 0.261 e. The van der Waals surface area contributed by atoms with Crippen LogP contribution in [0.3, 0.4) is 0 Å². The van der Waals surface area contributed by atoms with Crippen molar-refractivity contribution < 1.29 is 13.5 Å². The van der Waals surface area contributed by atoms with Crippen molar-refractivity contribution >= 4 is 27.6 Å². The lowest BCUT2D eigenvalue weighted by molar-refractivity contribution is 0.474. The SMILES string of the molecule is Cc1ccc(S(=O)(=O)Nc2ccccc2N=Cc2ccccc2O)cc1. The van der Waals surface area contributed by atoms with Gasteiger partial charge in [0.15, 0.2) is 0 Å². The number of benzene rings is 3. The van der Waals surface area contributed by atoms with E-state index in [4.69, 9.17) is 0 Å². The van der Waals surface area contributed by atoms with Gasteiger partial charge in [0.05, 0.1) is 16.3 Å². The van der Waals surface area contributed by atoms with E-state index in [0.29, 0.717) is 16.9 Å². The Morgan fingerprint density at radius 2 is 1.58 bits per heavy atom. The third-order valence-corrected chi connectivity index (χ3v) is 5.14. The lowest BCUT2D eigenvalue weighted by Crippen LogP contribution is -2.13. The number of hydrogen-bond donors (Lipinski definition) is 2. The molecule has 3 aromatic rings. The van der Waals surface area contributed by atoms with E-state index in [9.17, 15) is 13.5 Å². The van der Waals surface area contributed by atoms with Crippen LogP contribution in [0.1, 0.15) is 11.1 Å². The molecule has 0 bridgehead atoms. The molecule has 2 N–H and O–H groups in total. The van der Waals surface area contributed by atoms with Crippen LogP contribution in [0.4, 0.5) is 11.4 Å². The van der Waals surface area contributed by atoms with Gasteiger partial charge >= 0.3 is 0 Å². The Hall–Kier alpha value is -3.12. The number of nitrogens with one attached hydrogen (secondary N) is 1. The number of aliphatic imine (C=N–C) groups is 1. The zero-order chi connectivity index (χ0) is 18.6. The molecule has 26 heavy (non-hydrogen) atoms. The molecule has 0 amide bonds. The van der Waals surface area contributed by atoms with Crippen molar-refractivity contribution in [2.24, 2.45) is 4.99 Å². The number of sulfonamides is 1. The lowest BCUT2D eigenvalue weighted by Gasteiger charge is -2.10. The molecule has 0 saturated carbocycles. The zero-order valence-electron chi connectivity index (χ0n) is 14.1. The minimum Gasteiger partial charge on any atom is -0.507 e. The van der Waals surface area contributed by atoms with Gasteiger partial charge in [-0.25, -0.2) is 8.42 Å². The Balaban J connectivity index is 1.90. The quantitative estimate of drug-likeness (QED) is 0.663. The number of phenols is 1. The van der Waals surface area contributed by atoms with Crippen LogP contribution in [-0.4, -0.2) is 19.7 Å². The van der Waals surface area contributed by atoms with Crippen LogP contribution < -0.4 is 4.72 Å². The van der Waals surface area contributed by atoms with Crippen molar-refractivity contribution in [3.05, 3.63) is 83.9 Å². The summed E-state index contributed by atoms with van der Waals surface area (Å²) in [4.78, 5) is 4.50. The maximum absolute atomic E-state index is 12.6. The summed E-state index contributed by atoms with van der Waals surface area (Å²) in [6.07, 6.45) is 1.49. The fourth-order valence-electron chi connectivity index (χ4n) is 2.33. The molecular weight excluding hydrogens is 348 g/mol. The molecule has 0 heterocycles. The van der Waals surface area contributed by atoms with Crippen molar-refractivity contribution in [2.45, 2.75) is 11.8 Å². The molecule has 0 spiro atoms. The number of rotatable bonds is 5. The number of para-hydroxylation sites is 3. The van der Waals surface area contributed by atoms with Crippen molar-refractivity contribution in [2.75, 3.05) is 4.72 Å². The van der Waals surface area contributed by atoms with Gasteiger partial charge in [0, 0.05) is 11.8 Å². The van der Waals surface area contributed by atoms with Crippen molar-refractivity contribution in [3.8, 4) is 5.75 Å². The van der Waals surface area contributed by atoms with Gasteiger partial charge in [-0.3, -0.25) is 9.71 Å². The highest BCUT2D eigenvalue weighted by molar-refractivity contribution is 7.92. The molecule has 0 radical (unpaired) electrons. The number of aryl methyl sites for hydroxylation is 1. The van der Waals surface area contributed by atoms with Gasteiger partial charge in [-0.15, -0.1) is 0 Å². The second-order valence-corrected chi connectivity index (χ2v) is 7.44. The van der Waals surface area contributed by atoms with Gasteiger partial charge in [-0.1, -0.05) is 42.0 Å². The number of phenolic OH excluding ortho intramolecular Hbond substituents is 1. The Kier molecular flexibility index (Phi) is 5.04. The molecule has 0 atom stereocenters. The predicted molar refractivity (Wildman–Crippen MR) is 104 cm³/mol. The first kappa shape index (κ1) is 17.7. The Morgan fingerprint density at radius 1 is 0.923 bits per heavy atom. The first-order valence-corrected chi connectivity index (χ1v) is 9.44. The second-order valence-electron chi connectivity index (χ2n) is 5.75. The summed E-state index contributed by atoms with van der Waals surface area (Å²) in [5.41, 5.74) is 2.34. The minimum absolute atomic E-state index is 0.106. The first-order chi connectivity index (χ1) is 12.5. The number of nitrogens with zero attached hydrogens (tertiary/aromatic N) is 1. The van der Waals surface area contributed by atoms with Gasteiger partial charge in [0.2, 0.25) is 0 Å². The summed E-state index contributed by atoms with van der Waals surface area (Å²) in [5.74, 6) is 0.106. The third kappa shape index (κ3) is 4.10. The fourth-order valence-corrected chi connectivity index (χ4v) is 3.40. The standard InChI is InChI=1S/C20H18N2O3S/c1-15-10-12-17(13-11-15)26(24,25)22-19-8-4-3-7-18(19)21-14-16-6-2-5-9-20(16)23/h2-14,22-23H,1H3. The monoisotopic (exact) mass is 366 g/mol. The topological polar surface area (TPSA) is 78.8 Å². The van der Waals surface area contributed by atoms with E-state index in [0.717, 1.165) is 5.56 Å². The summed E-state index contributed by atoms with van der Waals surface area (Å²) in [6, 6.07) is 20.2. The average Bonchev–Trinajstić information content (AvgIpc) is 2.62. The molecule has 6 heteroatoms. The van der Waals surface area contributed by atoms with E-state index >= 15 is 0 Å². The molecular formula is C20H18N2O3S. The van der Waals surface area contributed by atoms with Crippen LogP contribution in [0.2, 0.25) is 0 Å². The molecule has 0 unspecified atom stereocenters. The van der Waals surface area contributed by atoms with E-state index < -0.39 is 10.0 Å². The molecule has 0 aliphatic carbocycles. The average molecular weight is 366 g/mol. The summed E-state index contributed by atoms with van der Waals surface area (Å²) < 4.78 is 27.8. The molecule has 5 nitrogen and oxygen atoms in total. The van der Waals surface area contributed by atoms with E-state index in [-0.39, 0.29) is 10.6 Å². The molecule has 0 saturated heterocycles. The summed E-state index contributed by atoms with van der Waals surface area (Å²) in [6.45, 7) is 1.90. The van der Waals surface area contributed by atoms with Gasteiger partial charge in [-0.2, -0.15) is 0 Å². The van der Waals surface area contributed by atoms with Crippen molar-refractivity contribution in [1.82, 2.24) is 0 Å². The van der Waals surface area contributed by atoms with E-state index in [1.807, 2.05) is 6.92 Å². The number of aromatic hydroxyl groups is 1. The first-order valence-electron chi connectivity index (χ1n) is 7.96. The Bertz CT molecular complexity index is 1040. The highest BCUT2D eigenvalue weighted by atomic mass is 32.2. The maximum atomic E-state index is 12.6. The van der Waals surface area contributed by atoms with Gasteiger partial charge < -0.3 is 5.11 Å². The molecule has 0 aromatic heterocycles. The van der Waals surface area contributed by atoms with Crippen molar-refractivity contribution in [3.63, 3.8) is 0 Å². The van der Waals surface area contributed by atoms with E-state index in [1.54, 1.807) is 72.8 Å². The van der Waals surface area contributed by atoms with Gasteiger partial charge in [-0.05, 0) is 43.3 Å². The summed E-state index contributed by atoms with van der Waals surface area (Å²) in [5, 5.41) is 9.81. The highest BCUT2D eigenvalue weighted by Gasteiger charge is 2.15. The van der Waals surface area contributed by atoms with Crippen LogP contribution >= 0.6 is 0 Å². The summed E-state index contributed by atoms with van der Waals surface area (Å²) >= 11 is 0. The van der Waals surface area contributed by atoms with Crippen LogP contribution in [-0.2, 0) is 10.0 Å². The molecule has 0 fully saturated rings. The van der Waals surface area contributed by atoms with Crippen LogP contribution in [0.5, 0.6) is 5.75 Å². The van der Waals surface area contributed by atoms with Crippen LogP contribution in [0.25, 0.3) is 0 Å². The van der Waals surface area contributed by atoms with Gasteiger partial charge in [0.1, 0.15) is 5.75 Å². The van der Waals surface area contributed by atoms with E-state index in [2.05, 4.69) is 9.71 Å². The number of anilines is 1. The smallest absolute Gasteiger partial charge is 0.261 e. The Morgan fingerprint density at radius 3 is 2.31 bits per heavy atom. The molecule has 0 aliphatic heterocycles. The van der Waals surface area contributed by atoms with Crippen molar-refractivity contribution in [1.29, 1.82) is 0 Å².